The zero-order chi connectivity index (χ0) is 10.7. The number of likely N-dealkylation sites (tertiary alicyclic amines) is 1. The summed E-state index contributed by atoms with van der Waals surface area (Å²) in [4.78, 5) is 2.07. The summed E-state index contributed by atoms with van der Waals surface area (Å²) in [6.45, 7) is 1.69. The summed E-state index contributed by atoms with van der Waals surface area (Å²) in [7, 11) is 0. The zero-order valence-corrected chi connectivity index (χ0v) is 8.67. The van der Waals surface area contributed by atoms with Crippen LogP contribution < -0.4 is 0 Å². The van der Waals surface area contributed by atoms with Crippen molar-refractivity contribution in [2.75, 3.05) is 6.54 Å². The summed E-state index contributed by atoms with van der Waals surface area (Å²) in [5.41, 5.74) is 1.07. The van der Waals surface area contributed by atoms with Crippen LogP contribution in [0.5, 0.6) is 0 Å². The minimum Gasteiger partial charge on any atom is -0.356 e. The maximum Gasteiger partial charge on any atom is 0.123 e. The van der Waals surface area contributed by atoms with Gasteiger partial charge in [-0.25, -0.2) is 4.39 Å². The summed E-state index contributed by atoms with van der Waals surface area (Å²) < 4.78 is 12.7. The predicted octanol–water partition coefficient (Wildman–Crippen LogP) is 2.79. The molecule has 80 valence electrons. The van der Waals surface area contributed by atoms with Gasteiger partial charge in [-0.1, -0.05) is 12.1 Å². The van der Waals surface area contributed by atoms with Gasteiger partial charge in [0.1, 0.15) is 5.82 Å². The van der Waals surface area contributed by atoms with Crippen molar-refractivity contribution in [1.82, 2.24) is 4.90 Å². The average Bonchev–Trinajstić information content (AvgIpc) is 2.25. The van der Waals surface area contributed by atoms with Gasteiger partial charge in [0.25, 0.3) is 0 Å². The molecule has 0 aromatic heterocycles. The molecule has 0 unspecified atom stereocenters. The lowest BCUT2D eigenvalue weighted by atomic mass is 10.1. The Morgan fingerprint density at radius 3 is 2.60 bits per heavy atom. The molecule has 0 saturated carbocycles. The summed E-state index contributed by atoms with van der Waals surface area (Å²) in [5, 5.41) is 7.79. The van der Waals surface area contributed by atoms with Gasteiger partial charge in [-0.2, -0.15) is 0 Å². The van der Waals surface area contributed by atoms with E-state index in [-0.39, 0.29) is 5.82 Å². The van der Waals surface area contributed by atoms with Crippen LogP contribution in [0.1, 0.15) is 24.8 Å². The Labute approximate surface area is 89.2 Å². The number of nitrogens with one attached hydrogen (secondary N) is 1. The molecule has 0 aliphatic carbocycles. The molecule has 2 rings (SSSR count). The van der Waals surface area contributed by atoms with Gasteiger partial charge in [0.05, 0.1) is 5.84 Å². The molecule has 1 aliphatic rings. The molecular formula is C12H15FN2. The predicted molar refractivity (Wildman–Crippen MR) is 58.4 cm³/mol. The highest BCUT2D eigenvalue weighted by molar-refractivity contribution is 5.79. The van der Waals surface area contributed by atoms with Gasteiger partial charge < -0.3 is 4.90 Å². The normalized spacial score (nSPS) is 16.9. The standard InChI is InChI=1S/C12H15FN2/c13-11-6-4-10(5-7-11)9-15-8-2-1-3-12(15)14/h4-7,14H,1-3,8-9H2. The van der Waals surface area contributed by atoms with Crippen LogP contribution in [-0.2, 0) is 6.54 Å². The number of benzene rings is 1. The number of amidine groups is 1. The maximum atomic E-state index is 12.7. The van der Waals surface area contributed by atoms with E-state index in [1.807, 2.05) is 0 Å². The minimum absolute atomic E-state index is 0.201. The number of piperidine rings is 1. The Hall–Kier alpha value is -1.38. The highest BCUT2D eigenvalue weighted by atomic mass is 19.1. The smallest absolute Gasteiger partial charge is 0.123 e. The quantitative estimate of drug-likeness (QED) is 0.791. The van der Waals surface area contributed by atoms with E-state index >= 15 is 0 Å². The van der Waals surface area contributed by atoms with E-state index in [1.165, 1.54) is 12.1 Å². The minimum atomic E-state index is -0.201. The van der Waals surface area contributed by atoms with Crippen molar-refractivity contribution in [2.24, 2.45) is 0 Å². The first-order chi connectivity index (χ1) is 7.25. The Bertz CT molecular complexity index is 345. The molecule has 1 aromatic rings. The van der Waals surface area contributed by atoms with Gasteiger partial charge in [-0.15, -0.1) is 0 Å². The first kappa shape index (κ1) is 10.1. The van der Waals surface area contributed by atoms with Crippen LogP contribution in [0.15, 0.2) is 24.3 Å². The van der Waals surface area contributed by atoms with Crippen molar-refractivity contribution < 1.29 is 4.39 Å². The van der Waals surface area contributed by atoms with Crippen LogP contribution in [0.25, 0.3) is 0 Å². The molecule has 0 atom stereocenters. The molecule has 0 bridgehead atoms. The van der Waals surface area contributed by atoms with E-state index in [0.717, 1.165) is 37.9 Å². The third-order valence-electron chi connectivity index (χ3n) is 2.76. The highest BCUT2D eigenvalue weighted by Crippen LogP contribution is 2.14. The number of hydrogen-bond donors (Lipinski definition) is 1. The second kappa shape index (κ2) is 4.43. The first-order valence-corrected chi connectivity index (χ1v) is 5.32. The first-order valence-electron chi connectivity index (χ1n) is 5.32. The Morgan fingerprint density at radius 1 is 1.20 bits per heavy atom. The molecule has 1 aliphatic heterocycles. The van der Waals surface area contributed by atoms with Crippen LogP contribution in [0, 0.1) is 11.2 Å². The molecule has 1 saturated heterocycles. The molecular weight excluding hydrogens is 191 g/mol. The number of rotatable bonds is 2. The largest absolute Gasteiger partial charge is 0.356 e. The van der Waals surface area contributed by atoms with Gasteiger partial charge in [0.2, 0.25) is 0 Å². The monoisotopic (exact) mass is 206 g/mol. The average molecular weight is 206 g/mol. The molecule has 15 heavy (non-hydrogen) atoms. The van der Waals surface area contributed by atoms with Crippen LogP contribution in [-0.4, -0.2) is 17.3 Å². The number of hydrogen-bond acceptors (Lipinski definition) is 1. The lowest BCUT2D eigenvalue weighted by Crippen LogP contribution is -2.34. The van der Waals surface area contributed by atoms with E-state index in [0.29, 0.717) is 5.84 Å². The molecule has 3 heteroatoms. The van der Waals surface area contributed by atoms with E-state index in [2.05, 4.69) is 4.90 Å². The van der Waals surface area contributed by atoms with Crippen LogP contribution in [0.3, 0.4) is 0 Å². The zero-order valence-electron chi connectivity index (χ0n) is 8.67. The van der Waals surface area contributed by atoms with E-state index in [4.69, 9.17) is 5.41 Å². The van der Waals surface area contributed by atoms with Gasteiger partial charge in [0.15, 0.2) is 0 Å². The summed E-state index contributed by atoms with van der Waals surface area (Å²) in [5.74, 6) is 0.512. The molecule has 1 fully saturated rings. The third-order valence-corrected chi connectivity index (χ3v) is 2.76. The molecule has 1 N–H and O–H groups in total. The number of nitrogens with zero attached hydrogens (tertiary/aromatic N) is 1. The molecule has 2 nitrogen and oxygen atoms in total. The lowest BCUT2D eigenvalue weighted by Gasteiger charge is -2.29. The van der Waals surface area contributed by atoms with Crippen molar-refractivity contribution in [3.63, 3.8) is 0 Å². The maximum absolute atomic E-state index is 12.7. The van der Waals surface area contributed by atoms with Crippen LogP contribution >= 0.6 is 0 Å². The topological polar surface area (TPSA) is 27.1 Å². The number of halogens is 1. The van der Waals surface area contributed by atoms with Gasteiger partial charge in [0, 0.05) is 19.5 Å². The van der Waals surface area contributed by atoms with Gasteiger partial charge in [-0.05, 0) is 30.5 Å². The molecule has 0 radical (unpaired) electrons. The van der Waals surface area contributed by atoms with Crippen molar-refractivity contribution in [2.45, 2.75) is 25.8 Å². The molecule has 0 amide bonds. The molecule has 1 aromatic carbocycles. The van der Waals surface area contributed by atoms with Gasteiger partial charge >= 0.3 is 0 Å². The highest BCUT2D eigenvalue weighted by Gasteiger charge is 2.14. The SMILES string of the molecule is N=C1CCCCN1Cc1ccc(F)cc1. The van der Waals surface area contributed by atoms with Gasteiger partial charge in [-0.3, -0.25) is 5.41 Å². The molecule has 0 spiro atoms. The summed E-state index contributed by atoms with van der Waals surface area (Å²) >= 11 is 0. The second-order valence-electron chi connectivity index (χ2n) is 3.95. The van der Waals surface area contributed by atoms with Crippen molar-refractivity contribution in [1.29, 1.82) is 5.41 Å². The third kappa shape index (κ3) is 2.55. The summed E-state index contributed by atoms with van der Waals surface area (Å²) in [6.07, 6.45) is 3.16. The van der Waals surface area contributed by atoms with E-state index < -0.39 is 0 Å². The fourth-order valence-electron chi connectivity index (χ4n) is 1.87. The second-order valence-corrected chi connectivity index (χ2v) is 3.95. The Balaban J connectivity index is 2.01. The van der Waals surface area contributed by atoms with Crippen molar-refractivity contribution in [3.05, 3.63) is 35.6 Å². The van der Waals surface area contributed by atoms with Crippen molar-refractivity contribution >= 4 is 5.84 Å². The lowest BCUT2D eigenvalue weighted by molar-refractivity contribution is 0.361. The molecule has 1 heterocycles. The summed E-state index contributed by atoms with van der Waals surface area (Å²) in [6, 6.07) is 6.53. The van der Waals surface area contributed by atoms with E-state index in [1.54, 1.807) is 12.1 Å². The van der Waals surface area contributed by atoms with E-state index in [9.17, 15) is 4.39 Å². The fourth-order valence-corrected chi connectivity index (χ4v) is 1.87. The Morgan fingerprint density at radius 2 is 1.93 bits per heavy atom. The van der Waals surface area contributed by atoms with Crippen LogP contribution in [0.4, 0.5) is 4.39 Å². The van der Waals surface area contributed by atoms with Crippen LogP contribution in [0.2, 0.25) is 0 Å². The Kier molecular flexibility index (Phi) is 2.99. The van der Waals surface area contributed by atoms with Crippen molar-refractivity contribution in [3.8, 4) is 0 Å². The fraction of sp³-hybridized carbons (Fsp3) is 0.417.